The lowest BCUT2D eigenvalue weighted by atomic mass is 10.1. The smallest absolute Gasteiger partial charge is 0.209 e. The molecule has 1 fully saturated rings. The van der Waals surface area contributed by atoms with Gasteiger partial charge in [0.15, 0.2) is 5.76 Å². The summed E-state index contributed by atoms with van der Waals surface area (Å²) < 4.78 is 5.90. The summed E-state index contributed by atoms with van der Waals surface area (Å²) in [5.74, 6) is 1.40. The van der Waals surface area contributed by atoms with Crippen LogP contribution in [0.4, 0.5) is 0 Å². The lowest BCUT2D eigenvalue weighted by Crippen LogP contribution is -2.34. The fourth-order valence-corrected chi connectivity index (χ4v) is 3.46. The number of nitrogens with zero attached hydrogens (tertiary/aromatic N) is 3. The zero-order valence-corrected chi connectivity index (χ0v) is 14.5. The molecule has 1 aliphatic rings. The van der Waals surface area contributed by atoms with Gasteiger partial charge in [-0.2, -0.15) is 5.26 Å². The highest BCUT2D eigenvalue weighted by Gasteiger charge is 2.22. The van der Waals surface area contributed by atoms with E-state index in [2.05, 4.69) is 16.0 Å². The Hall–Kier alpha value is -1.83. The molecule has 0 N–H and O–H groups in total. The van der Waals surface area contributed by atoms with Crippen molar-refractivity contribution in [1.82, 2.24) is 9.88 Å². The molecule has 4 nitrogen and oxygen atoms in total. The molecule has 3 rings (SSSR count). The maximum atomic E-state index is 9.17. The molecule has 1 heterocycles. The molecule has 0 saturated heterocycles. The normalized spacial score (nSPS) is 16.0. The van der Waals surface area contributed by atoms with Gasteiger partial charge >= 0.3 is 0 Å². The Labute approximate surface area is 148 Å². The zero-order chi connectivity index (χ0) is 16.8. The van der Waals surface area contributed by atoms with Crippen molar-refractivity contribution in [3.63, 3.8) is 0 Å². The number of hydrogen-bond donors (Lipinski definition) is 0. The molecule has 1 aromatic heterocycles. The summed E-state index contributed by atoms with van der Waals surface area (Å²) in [5, 5.41) is 9.87. The zero-order valence-electron chi connectivity index (χ0n) is 13.7. The Morgan fingerprint density at radius 1 is 1.17 bits per heavy atom. The van der Waals surface area contributed by atoms with E-state index in [1.807, 2.05) is 24.3 Å². The predicted molar refractivity (Wildman–Crippen MR) is 94.5 cm³/mol. The average molecular weight is 344 g/mol. The molecule has 0 aliphatic heterocycles. The molecule has 2 aromatic rings. The molecule has 5 heteroatoms. The largest absolute Gasteiger partial charge is 0.439 e. The van der Waals surface area contributed by atoms with E-state index in [0.29, 0.717) is 30.0 Å². The third kappa shape index (κ3) is 4.37. The van der Waals surface area contributed by atoms with Crippen molar-refractivity contribution in [2.75, 3.05) is 6.54 Å². The van der Waals surface area contributed by atoms with E-state index in [1.165, 1.54) is 25.7 Å². The van der Waals surface area contributed by atoms with Crippen molar-refractivity contribution in [3.8, 4) is 17.4 Å². The Morgan fingerprint density at radius 3 is 2.54 bits per heavy atom. The highest BCUT2D eigenvalue weighted by molar-refractivity contribution is 6.30. The molecule has 126 valence electrons. The molecule has 1 aliphatic carbocycles. The summed E-state index contributed by atoms with van der Waals surface area (Å²) in [6.45, 7) is 1.01. The maximum absolute atomic E-state index is 9.17. The van der Waals surface area contributed by atoms with E-state index in [-0.39, 0.29) is 0 Å². The third-order valence-corrected chi connectivity index (χ3v) is 4.89. The quantitative estimate of drug-likeness (QED) is 0.563. The standard InChI is InChI=1S/C19H22ClN3O/c20-16-9-7-15(8-10-16)18-13-22-19(24-18)14-23(12-11-21)17-5-3-1-2-4-6-17/h7-10,13,17H,1-6,12,14H2. The third-order valence-electron chi connectivity index (χ3n) is 4.64. The van der Waals surface area contributed by atoms with Crippen LogP contribution >= 0.6 is 11.6 Å². The van der Waals surface area contributed by atoms with Gasteiger partial charge in [-0.05, 0) is 37.1 Å². The maximum Gasteiger partial charge on any atom is 0.209 e. The van der Waals surface area contributed by atoms with E-state index in [0.717, 1.165) is 24.2 Å². The van der Waals surface area contributed by atoms with Gasteiger partial charge in [-0.25, -0.2) is 4.98 Å². The number of aromatic nitrogens is 1. The Balaban J connectivity index is 1.71. The number of rotatable bonds is 5. The molecule has 0 radical (unpaired) electrons. The first kappa shape index (κ1) is 17.0. The second-order valence-electron chi connectivity index (χ2n) is 6.33. The van der Waals surface area contributed by atoms with E-state index in [1.54, 1.807) is 6.20 Å². The monoisotopic (exact) mass is 343 g/mol. The molecule has 0 spiro atoms. The minimum Gasteiger partial charge on any atom is -0.439 e. The topological polar surface area (TPSA) is 53.1 Å². The number of hydrogen-bond acceptors (Lipinski definition) is 4. The van der Waals surface area contributed by atoms with Crippen molar-refractivity contribution in [1.29, 1.82) is 5.26 Å². The van der Waals surface area contributed by atoms with Gasteiger partial charge in [0.2, 0.25) is 5.89 Å². The lowest BCUT2D eigenvalue weighted by Gasteiger charge is -2.27. The summed E-state index contributed by atoms with van der Waals surface area (Å²) in [6.07, 6.45) is 9.16. The number of nitriles is 1. The summed E-state index contributed by atoms with van der Waals surface area (Å²) in [7, 11) is 0. The van der Waals surface area contributed by atoms with Gasteiger partial charge in [-0.15, -0.1) is 0 Å². The van der Waals surface area contributed by atoms with Gasteiger partial charge in [0.05, 0.1) is 25.4 Å². The molecule has 0 unspecified atom stereocenters. The molecular formula is C19H22ClN3O. The van der Waals surface area contributed by atoms with E-state index in [9.17, 15) is 0 Å². The highest BCUT2D eigenvalue weighted by atomic mass is 35.5. The van der Waals surface area contributed by atoms with E-state index >= 15 is 0 Å². The first-order valence-corrected chi connectivity index (χ1v) is 8.95. The summed E-state index contributed by atoms with van der Waals surface area (Å²) >= 11 is 5.92. The molecule has 0 bridgehead atoms. The van der Waals surface area contributed by atoms with Crippen molar-refractivity contribution in [2.45, 2.75) is 51.1 Å². The number of oxazole rings is 1. The fourth-order valence-electron chi connectivity index (χ4n) is 3.33. The molecule has 24 heavy (non-hydrogen) atoms. The van der Waals surface area contributed by atoms with Gasteiger partial charge in [-0.1, -0.05) is 37.3 Å². The Morgan fingerprint density at radius 2 is 1.88 bits per heavy atom. The summed E-state index contributed by atoms with van der Waals surface area (Å²) in [5.41, 5.74) is 0.958. The van der Waals surface area contributed by atoms with Crippen molar-refractivity contribution >= 4 is 11.6 Å². The number of benzene rings is 1. The van der Waals surface area contributed by atoms with Crippen molar-refractivity contribution in [3.05, 3.63) is 41.4 Å². The van der Waals surface area contributed by atoms with Crippen LogP contribution in [0.3, 0.4) is 0 Å². The van der Waals surface area contributed by atoms with Crippen LogP contribution in [0.1, 0.15) is 44.4 Å². The van der Waals surface area contributed by atoms with Crippen LogP contribution in [0, 0.1) is 11.3 Å². The lowest BCUT2D eigenvalue weighted by molar-refractivity contribution is 0.176. The second-order valence-corrected chi connectivity index (χ2v) is 6.77. The van der Waals surface area contributed by atoms with Crippen LogP contribution in [0.2, 0.25) is 5.02 Å². The fraction of sp³-hybridized carbons (Fsp3) is 0.474. The van der Waals surface area contributed by atoms with E-state index < -0.39 is 0 Å². The summed E-state index contributed by atoms with van der Waals surface area (Å²) in [4.78, 5) is 6.62. The van der Waals surface area contributed by atoms with Crippen molar-refractivity contribution < 1.29 is 4.42 Å². The SMILES string of the molecule is N#CCN(Cc1ncc(-c2ccc(Cl)cc2)o1)C1CCCCCC1. The van der Waals surface area contributed by atoms with Gasteiger partial charge in [-0.3, -0.25) is 4.90 Å². The molecule has 0 amide bonds. The van der Waals surface area contributed by atoms with Crippen LogP contribution in [-0.4, -0.2) is 22.5 Å². The first-order chi connectivity index (χ1) is 11.8. The highest BCUT2D eigenvalue weighted by Crippen LogP contribution is 2.25. The van der Waals surface area contributed by atoms with Gasteiger partial charge in [0.1, 0.15) is 0 Å². The van der Waals surface area contributed by atoms with Crippen LogP contribution in [0.25, 0.3) is 11.3 Å². The minimum atomic E-state index is 0.420. The van der Waals surface area contributed by atoms with Gasteiger partial charge < -0.3 is 4.42 Å². The van der Waals surface area contributed by atoms with E-state index in [4.69, 9.17) is 21.3 Å². The molecule has 1 aromatic carbocycles. The molecule has 1 saturated carbocycles. The molecule has 0 atom stereocenters. The number of halogens is 1. The second kappa shape index (κ2) is 8.32. The van der Waals surface area contributed by atoms with Crippen LogP contribution in [0.15, 0.2) is 34.9 Å². The Bertz CT molecular complexity index is 681. The minimum absolute atomic E-state index is 0.420. The average Bonchev–Trinajstić information content (AvgIpc) is 2.88. The van der Waals surface area contributed by atoms with Crippen LogP contribution in [-0.2, 0) is 6.54 Å². The van der Waals surface area contributed by atoms with Gasteiger partial charge in [0.25, 0.3) is 0 Å². The Kier molecular flexibility index (Phi) is 5.90. The van der Waals surface area contributed by atoms with Crippen LogP contribution in [0.5, 0.6) is 0 Å². The summed E-state index contributed by atoms with van der Waals surface area (Å²) in [6, 6.07) is 10.3. The predicted octanol–water partition coefficient (Wildman–Crippen LogP) is 5.04. The first-order valence-electron chi connectivity index (χ1n) is 8.58. The van der Waals surface area contributed by atoms with Crippen LogP contribution < -0.4 is 0 Å². The van der Waals surface area contributed by atoms with Crippen molar-refractivity contribution in [2.24, 2.45) is 0 Å². The van der Waals surface area contributed by atoms with Gasteiger partial charge in [0, 0.05) is 16.6 Å². The molecular weight excluding hydrogens is 322 g/mol.